The molecule has 3 aliphatic rings. The minimum atomic E-state index is -0.496. The maximum Gasteiger partial charge on any atom is 0.409 e. The Labute approximate surface area is 387 Å². The molecule has 6 aromatic rings. The smallest absolute Gasteiger partial charge is 0.409 e. The first kappa shape index (κ1) is 44.0. The van der Waals surface area contributed by atoms with E-state index in [1.54, 1.807) is 9.80 Å². The third kappa shape index (κ3) is 9.45. The lowest BCUT2D eigenvalue weighted by molar-refractivity contribution is 0.0929. The second kappa shape index (κ2) is 20.7. The van der Waals surface area contributed by atoms with Gasteiger partial charge in [0.2, 0.25) is 0 Å². The van der Waals surface area contributed by atoms with Gasteiger partial charge in [0.25, 0.3) is 0 Å². The van der Waals surface area contributed by atoms with Crippen LogP contribution in [-0.2, 0) is 14.2 Å². The van der Waals surface area contributed by atoms with Gasteiger partial charge in [0.05, 0.1) is 0 Å². The molecule has 0 radical (unpaired) electrons. The molecule has 0 saturated heterocycles. The number of nitrogens with zero attached hydrogens (tertiary/aromatic N) is 3. The van der Waals surface area contributed by atoms with Crippen molar-refractivity contribution in [2.45, 2.75) is 43.4 Å². The standard InChI is InChI=1S/C56H56N4O6/c1-57-30-16-34-59(55(62)65-37-52-47-26-10-4-20-41(47)42-21-5-11-27-48(42)52)32-14-15-33-60(56(63)66-38-53-49-28-12-6-22-43(49)44-23-7-13-29-50(44)53)35-17-31-58-54(61)64-36-51-45-24-8-2-18-39(45)40-19-3-9-25-46(40)51/h2-13,18-29,51-53H,1,14-17,30-38H2,(H,58,61). The van der Waals surface area contributed by atoms with Crippen molar-refractivity contribution in [3.05, 3.63) is 179 Å². The SMILES string of the molecule is C=NCCCN(CCCCN(CCCNC(=O)OCC1c2ccccc2-c2ccccc21)C(=O)OCC1c2ccccc2-c2ccccc21)C(=O)OCC1c2ccccc2-c2ccccc21. The van der Waals surface area contributed by atoms with Crippen LogP contribution in [0.5, 0.6) is 0 Å². The Kier molecular flexibility index (Phi) is 13.8. The van der Waals surface area contributed by atoms with E-state index in [4.69, 9.17) is 14.2 Å². The van der Waals surface area contributed by atoms with Gasteiger partial charge in [-0.05, 0) is 99.2 Å². The molecule has 1 N–H and O–H groups in total. The first-order valence-electron chi connectivity index (χ1n) is 23.2. The Bertz CT molecular complexity index is 2560. The maximum absolute atomic E-state index is 14.0. The summed E-state index contributed by atoms with van der Waals surface area (Å²) in [5.74, 6) is -0.150. The van der Waals surface area contributed by atoms with Crippen molar-refractivity contribution >= 4 is 25.0 Å². The van der Waals surface area contributed by atoms with Gasteiger partial charge in [-0.3, -0.25) is 0 Å². The number of rotatable bonds is 19. The number of hydrogen-bond donors (Lipinski definition) is 1. The first-order valence-corrected chi connectivity index (χ1v) is 23.2. The summed E-state index contributed by atoms with van der Waals surface area (Å²) in [6, 6.07) is 49.7. The molecule has 0 spiro atoms. The van der Waals surface area contributed by atoms with Crippen molar-refractivity contribution < 1.29 is 28.6 Å². The zero-order valence-corrected chi connectivity index (χ0v) is 37.3. The maximum atomic E-state index is 14.0. The van der Waals surface area contributed by atoms with Crippen LogP contribution in [0.15, 0.2) is 151 Å². The number of hydrogen-bond acceptors (Lipinski definition) is 7. The highest BCUT2D eigenvalue weighted by atomic mass is 16.6. The van der Waals surface area contributed by atoms with Gasteiger partial charge in [-0.15, -0.1) is 0 Å². The molecule has 0 aromatic heterocycles. The highest BCUT2D eigenvalue weighted by Gasteiger charge is 2.32. The largest absolute Gasteiger partial charge is 0.449 e. The molecular weight excluding hydrogens is 825 g/mol. The average Bonchev–Trinajstić information content (AvgIpc) is 3.98. The lowest BCUT2D eigenvalue weighted by Crippen LogP contribution is -2.37. The molecule has 0 heterocycles. The van der Waals surface area contributed by atoms with Crippen LogP contribution in [0.3, 0.4) is 0 Å². The lowest BCUT2D eigenvalue weighted by Gasteiger charge is -2.25. The summed E-state index contributed by atoms with van der Waals surface area (Å²) >= 11 is 0. The minimum absolute atomic E-state index is 0.0362. The molecule has 336 valence electrons. The van der Waals surface area contributed by atoms with Gasteiger partial charge in [-0.1, -0.05) is 146 Å². The van der Waals surface area contributed by atoms with Gasteiger partial charge in [0.1, 0.15) is 19.8 Å². The quantitative estimate of drug-likeness (QED) is 0.0493. The van der Waals surface area contributed by atoms with E-state index in [0.29, 0.717) is 65.0 Å². The summed E-state index contributed by atoms with van der Waals surface area (Å²) in [5, 5.41) is 2.90. The number of amides is 3. The number of nitrogens with one attached hydrogen (secondary N) is 1. The third-order valence-corrected chi connectivity index (χ3v) is 13.3. The van der Waals surface area contributed by atoms with Gasteiger partial charge >= 0.3 is 18.3 Å². The van der Waals surface area contributed by atoms with E-state index in [2.05, 4.69) is 89.8 Å². The van der Waals surface area contributed by atoms with Crippen molar-refractivity contribution in [1.82, 2.24) is 15.1 Å². The van der Waals surface area contributed by atoms with E-state index >= 15 is 0 Å². The number of alkyl carbamates (subject to hydrolysis) is 1. The number of ether oxygens (including phenoxy) is 3. The molecule has 6 aromatic carbocycles. The van der Waals surface area contributed by atoms with Gasteiger partial charge in [-0.25, -0.2) is 14.4 Å². The van der Waals surface area contributed by atoms with Crippen molar-refractivity contribution in [2.24, 2.45) is 4.99 Å². The molecule has 0 atom stereocenters. The molecule has 10 nitrogen and oxygen atoms in total. The van der Waals surface area contributed by atoms with Crippen molar-refractivity contribution in [3.63, 3.8) is 0 Å². The van der Waals surface area contributed by atoms with Gasteiger partial charge in [0, 0.05) is 57.0 Å². The van der Waals surface area contributed by atoms with Crippen molar-refractivity contribution in [2.75, 3.05) is 59.1 Å². The fraction of sp³-hybridized carbons (Fsp3) is 0.286. The zero-order chi connectivity index (χ0) is 45.2. The molecule has 0 bridgehead atoms. The highest BCUT2D eigenvalue weighted by Crippen LogP contribution is 2.47. The lowest BCUT2D eigenvalue weighted by atomic mass is 9.98. The molecule has 3 amide bonds. The van der Waals surface area contributed by atoms with Crippen molar-refractivity contribution in [1.29, 1.82) is 0 Å². The van der Waals surface area contributed by atoms with E-state index in [1.165, 1.54) is 22.3 Å². The Balaban J connectivity index is 0.808. The van der Waals surface area contributed by atoms with Crippen LogP contribution in [0.2, 0.25) is 0 Å². The summed E-state index contributed by atoms with van der Waals surface area (Å²) in [4.78, 5) is 48.2. The Hall–Kier alpha value is -7.20. The fourth-order valence-corrected chi connectivity index (χ4v) is 10.0. The van der Waals surface area contributed by atoms with Crippen molar-refractivity contribution in [3.8, 4) is 33.4 Å². The normalized spacial score (nSPS) is 13.1. The topological polar surface area (TPSA) is 110 Å². The fourth-order valence-electron chi connectivity index (χ4n) is 10.0. The monoisotopic (exact) mass is 880 g/mol. The second-order valence-corrected chi connectivity index (χ2v) is 17.2. The number of carbonyl (C=O) groups is 3. The van der Waals surface area contributed by atoms with Crippen LogP contribution in [0.1, 0.15) is 76.8 Å². The van der Waals surface area contributed by atoms with Gasteiger partial charge in [0.15, 0.2) is 0 Å². The number of unbranched alkanes of at least 4 members (excludes halogenated alkanes) is 1. The van der Waals surface area contributed by atoms with Crippen LogP contribution >= 0.6 is 0 Å². The number of benzene rings is 6. The van der Waals surface area contributed by atoms with E-state index in [9.17, 15) is 14.4 Å². The highest BCUT2D eigenvalue weighted by molar-refractivity contribution is 5.81. The summed E-state index contributed by atoms with van der Waals surface area (Å²) in [6.45, 7) is 6.85. The summed E-state index contributed by atoms with van der Waals surface area (Å²) in [7, 11) is 0. The predicted octanol–water partition coefficient (Wildman–Crippen LogP) is 11.3. The molecule has 10 heteroatoms. The van der Waals surface area contributed by atoms with Crippen LogP contribution in [0.4, 0.5) is 14.4 Å². The zero-order valence-electron chi connectivity index (χ0n) is 37.3. The van der Waals surface area contributed by atoms with Gasteiger partial charge in [-0.2, -0.15) is 0 Å². The van der Waals surface area contributed by atoms with Crippen LogP contribution in [0.25, 0.3) is 33.4 Å². The van der Waals surface area contributed by atoms with Crippen LogP contribution in [-0.4, -0.2) is 93.9 Å². The molecular formula is C56H56N4O6. The molecule has 0 fully saturated rings. The Morgan fingerprint density at radius 1 is 0.439 bits per heavy atom. The summed E-state index contributed by atoms with van der Waals surface area (Å²) in [6.07, 6.45) is 1.14. The number of aliphatic imine (C=N–C) groups is 1. The van der Waals surface area contributed by atoms with E-state index in [0.717, 1.165) is 44.5 Å². The molecule has 9 rings (SSSR count). The molecule has 0 aliphatic heterocycles. The van der Waals surface area contributed by atoms with E-state index < -0.39 is 12.2 Å². The second-order valence-electron chi connectivity index (χ2n) is 17.2. The van der Waals surface area contributed by atoms with Crippen LogP contribution < -0.4 is 5.32 Å². The predicted molar refractivity (Wildman–Crippen MR) is 259 cm³/mol. The number of carbonyl (C=O) groups excluding carboxylic acids is 3. The van der Waals surface area contributed by atoms with Gasteiger partial charge < -0.3 is 34.3 Å². The Morgan fingerprint density at radius 2 is 0.742 bits per heavy atom. The van der Waals surface area contributed by atoms with Crippen LogP contribution in [0, 0.1) is 0 Å². The third-order valence-electron chi connectivity index (χ3n) is 13.3. The molecule has 0 saturated carbocycles. The summed E-state index contributed by atoms with van der Waals surface area (Å²) in [5.41, 5.74) is 13.9. The first-order chi connectivity index (χ1) is 32.5. The molecule has 66 heavy (non-hydrogen) atoms. The van der Waals surface area contributed by atoms with E-state index in [1.807, 2.05) is 72.8 Å². The summed E-state index contributed by atoms with van der Waals surface area (Å²) < 4.78 is 17.9. The minimum Gasteiger partial charge on any atom is -0.449 e. The molecule has 3 aliphatic carbocycles. The number of fused-ring (bicyclic) bond motifs is 9. The van der Waals surface area contributed by atoms with E-state index in [-0.39, 0.29) is 43.7 Å². The average molecular weight is 881 g/mol. The molecule has 0 unspecified atom stereocenters. The Morgan fingerprint density at radius 3 is 1.09 bits per heavy atom.